The number of fused-ring (bicyclic) bond motifs is 1. The van der Waals surface area contributed by atoms with Crippen molar-refractivity contribution >= 4 is 73.4 Å². The van der Waals surface area contributed by atoms with E-state index in [0.717, 1.165) is 70.7 Å². The second-order valence-electron chi connectivity index (χ2n) is 11.3. The summed E-state index contributed by atoms with van der Waals surface area (Å²) in [6, 6.07) is 9.18. The highest BCUT2D eigenvalue weighted by Crippen LogP contribution is 2.40. The van der Waals surface area contributed by atoms with Crippen LogP contribution in [0.3, 0.4) is 0 Å². The van der Waals surface area contributed by atoms with Crippen molar-refractivity contribution in [2.24, 2.45) is 0 Å². The highest BCUT2D eigenvalue weighted by Gasteiger charge is 2.24. The molecule has 0 unspecified atom stereocenters. The van der Waals surface area contributed by atoms with E-state index < -0.39 is 0 Å². The fraction of sp³-hybridized carbons (Fsp3) is 0.438. The first-order valence-electron chi connectivity index (χ1n) is 15.0. The molecule has 0 radical (unpaired) electrons. The van der Waals surface area contributed by atoms with E-state index in [1.54, 1.807) is 37.6 Å². The third kappa shape index (κ3) is 6.82. The Morgan fingerprint density at radius 2 is 1.82 bits per heavy atom. The Balaban J connectivity index is 1.45. The Bertz CT molecular complexity index is 1590. The first kappa shape index (κ1) is 32.1. The van der Waals surface area contributed by atoms with E-state index in [1.807, 2.05) is 12.1 Å². The van der Waals surface area contributed by atoms with Gasteiger partial charge in [-0.2, -0.15) is 4.98 Å². The van der Waals surface area contributed by atoms with Crippen molar-refractivity contribution < 1.29 is 4.74 Å². The number of anilines is 6. The summed E-state index contributed by atoms with van der Waals surface area (Å²) in [6.45, 7) is 8.58. The smallest absolute Gasteiger partial charge is 0.229 e. The number of piperidine rings is 1. The lowest BCUT2D eigenvalue weighted by Crippen LogP contribution is -2.42. The molecule has 0 bridgehead atoms. The number of aryl methyl sites for hydroxylation is 1. The number of hydrogen-bond acceptors (Lipinski definition) is 11. The number of methoxy groups -OCH3 is 1. The highest BCUT2D eigenvalue weighted by atomic mass is 79.9. The summed E-state index contributed by atoms with van der Waals surface area (Å²) in [5.41, 5.74) is 6.83. The average Bonchev–Trinajstić information content (AvgIpc) is 3.03. The maximum absolute atomic E-state index is 5.88. The monoisotopic (exact) mass is 679 g/mol. The summed E-state index contributed by atoms with van der Waals surface area (Å²) < 4.78 is 8.85. The van der Waals surface area contributed by atoms with Crippen LogP contribution in [0.25, 0.3) is 11.0 Å². The van der Waals surface area contributed by atoms with Gasteiger partial charge in [0.2, 0.25) is 5.95 Å². The van der Waals surface area contributed by atoms with Crippen molar-refractivity contribution in [1.82, 2.24) is 24.8 Å². The topological polar surface area (TPSA) is 94.6 Å². The Labute approximate surface area is 273 Å². The molecule has 0 amide bonds. The van der Waals surface area contributed by atoms with Gasteiger partial charge >= 0.3 is 0 Å². The zero-order valence-electron chi connectivity index (χ0n) is 26.6. The molecule has 3 heterocycles. The maximum Gasteiger partial charge on any atom is 0.229 e. The summed E-state index contributed by atoms with van der Waals surface area (Å²) in [7, 11) is 6.05. The van der Waals surface area contributed by atoms with Crippen molar-refractivity contribution in [2.45, 2.75) is 52.1 Å². The van der Waals surface area contributed by atoms with E-state index >= 15 is 0 Å². The molecule has 4 aromatic rings. The van der Waals surface area contributed by atoms with Crippen LogP contribution in [0, 0.1) is 0 Å². The molecule has 10 nitrogen and oxygen atoms in total. The van der Waals surface area contributed by atoms with Crippen molar-refractivity contribution in [3.63, 3.8) is 0 Å². The molecule has 234 valence electrons. The number of hydrogen-bond donors (Lipinski definition) is 2. The number of halogens is 1. The predicted molar refractivity (Wildman–Crippen MR) is 188 cm³/mol. The fourth-order valence-electron chi connectivity index (χ4n) is 5.75. The molecule has 5 rings (SSSR count). The minimum Gasteiger partial charge on any atom is -0.494 e. The molecule has 44 heavy (non-hydrogen) atoms. The average molecular weight is 681 g/mol. The van der Waals surface area contributed by atoms with E-state index in [4.69, 9.17) is 9.72 Å². The zero-order valence-corrected chi connectivity index (χ0v) is 29.0. The van der Waals surface area contributed by atoms with E-state index in [-0.39, 0.29) is 6.04 Å². The zero-order chi connectivity index (χ0) is 31.4. The van der Waals surface area contributed by atoms with Gasteiger partial charge in [0.1, 0.15) is 17.1 Å². The number of aromatic nitrogens is 4. The summed E-state index contributed by atoms with van der Waals surface area (Å²) in [5.74, 6) is 1.85. The lowest BCUT2D eigenvalue weighted by atomic mass is 10.0. The molecule has 2 aromatic carbocycles. The molecule has 1 aliphatic heterocycles. The van der Waals surface area contributed by atoms with E-state index in [9.17, 15) is 0 Å². The van der Waals surface area contributed by atoms with Crippen molar-refractivity contribution in [3.8, 4) is 5.75 Å². The van der Waals surface area contributed by atoms with Gasteiger partial charge in [0.15, 0.2) is 0 Å². The SMILES string of the molecule is CCc1cc(Nc2ncc(Br)c(Nc3ccc4nccnc4c3N(SC)C(C)C)n2)c(OC)cc1N1CCC(N(C)C)CC1. The van der Waals surface area contributed by atoms with Crippen molar-refractivity contribution in [3.05, 3.63) is 52.9 Å². The van der Waals surface area contributed by atoms with E-state index in [1.165, 1.54) is 11.3 Å². The molecule has 1 saturated heterocycles. The molecule has 1 aliphatic rings. The van der Waals surface area contributed by atoms with Crippen LogP contribution < -0.4 is 24.6 Å². The summed E-state index contributed by atoms with van der Waals surface area (Å²) in [4.78, 5) is 23.5. The summed E-state index contributed by atoms with van der Waals surface area (Å²) in [6.07, 6.45) is 10.5. The number of rotatable bonds is 11. The second-order valence-corrected chi connectivity index (χ2v) is 13.0. The van der Waals surface area contributed by atoms with Crippen molar-refractivity contribution in [2.75, 3.05) is 60.4 Å². The van der Waals surface area contributed by atoms with Gasteiger partial charge in [-0.05, 0) is 86.9 Å². The summed E-state index contributed by atoms with van der Waals surface area (Å²) >= 11 is 5.30. The molecule has 0 spiro atoms. The Kier molecular flexibility index (Phi) is 10.3. The van der Waals surface area contributed by atoms with E-state index in [0.29, 0.717) is 17.8 Å². The van der Waals surface area contributed by atoms with Crippen LogP contribution in [0.2, 0.25) is 0 Å². The lowest BCUT2D eigenvalue weighted by Gasteiger charge is -2.37. The maximum atomic E-state index is 5.88. The van der Waals surface area contributed by atoms with Gasteiger partial charge in [-0.15, -0.1) is 0 Å². The predicted octanol–water partition coefficient (Wildman–Crippen LogP) is 7.26. The molecular formula is C32H42BrN9OS. The van der Waals surface area contributed by atoms with Crippen LogP contribution in [0.15, 0.2) is 47.3 Å². The number of benzene rings is 2. The fourth-order valence-corrected chi connectivity index (χ4v) is 6.83. The first-order valence-corrected chi connectivity index (χ1v) is 17.0. The van der Waals surface area contributed by atoms with Gasteiger partial charge in [-0.25, -0.2) is 4.98 Å². The minimum absolute atomic E-state index is 0.228. The van der Waals surface area contributed by atoms with E-state index in [2.05, 4.69) is 109 Å². The third-order valence-corrected chi connectivity index (χ3v) is 9.64. The quantitative estimate of drug-likeness (QED) is 0.157. The molecule has 0 aliphatic carbocycles. The number of nitrogens with zero attached hydrogens (tertiary/aromatic N) is 7. The number of nitrogens with one attached hydrogen (secondary N) is 2. The molecular weight excluding hydrogens is 638 g/mol. The van der Waals surface area contributed by atoms with Gasteiger partial charge in [0, 0.05) is 61.8 Å². The van der Waals surface area contributed by atoms with Gasteiger partial charge in [0.05, 0.1) is 34.2 Å². The Morgan fingerprint density at radius 3 is 2.48 bits per heavy atom. The molecule has 1 fully saturated rings. The number of ether oxygens (including phenoxy) is 1. The standard InChI is InChI=1S/C32H42BrN9OS/c1-8-21-17-26(28(43-6)18-27(21)41-15-11-22(12-16-41)40(4)5)38-32-36-19-23(33)31(39-32)37-25-10-9-24-29(35-14-13-34-24)30(25)42(44-7)20(2)3/h9-10,13-14,17-20,22H,8,11-12,15-16H2,1-7H3,(H2,36,37,38,39). The van der Waals surface area contributed by atoms with Crippen LogP contribution in [0.1, 0.15) is 39.2 Å². The first-order chi connectivity index (χ1) is 21.2. The van der Waals surface area contributed by atoms with Crippen molar-refractivity contribution in [1.29, 1.82) is 0 Å². The van der Waals surface area contributed by atoms with Gasteiger partial charge in [0.25, 0.3) is 0 Å². The highest BCUT2D eigenvalue weighted by molar-refractivity contribution is 9.10. The molecule has 0 saturated carbocycles. The second kappa shape index (κ2) is 14.2. The largest absolute Gasteiger partial charge is 0.494 e. The van der Waals surface area contributed by atoms with Crippen LogP contribution in [-0.4, -0.2) is 77.5 Å². The van der Waals surface area contributed by atoms with Crippen LogP contribution in [0.5, 0.6) is 5.75 Å². The van der Waals surface area contributed by atoms with Crippen LogP contribution >= 0.6 is 27.9 Å². The molecule has 0 atom stereocenters. The Morgan fingerprint density at radius 1 is 1.07 bits per heavy atom. The summed E-state index contributed by atoms with van der Waals surface area (Å²) in [5, 5.41) is 6.97. The minimum atomic E-state index is 0.228. The van der Waals surface area contributed by atoms with Crippen LogP contribution in [-0.2, 0) is 6.42 Å². The molecule has 2 aromatic heterocycles. The molecule has 12 heteroatoms. The molecule has 2 N–H and O–H groups in total. The van der Waals surface area contributed by atoms with Gasteiger partial charge in [-0.1, -0.05) is 18.9 Å². The van der Waals surface area contributed by atoms with Crippen LogP contribution in [0.4, 0.5) is 34.5 Å². The van der Waals surface area contributed by atoms with Gasteiger partial charge < -0.3 is 29.5 Å². The third-order valence-electron chi connectivity index (χ3n) is 8.06. The Hall–Kier alpha value is -3.35. The normalized spacial score (nSPS) is 14.0. The lowest BCUT2D eigenvalue weighted by molar-refractivity contribution is 0.249. The van der Waals surface area contributed by atoms with Gasteiger partial charge in [-0.3, -0.25) is 9.97 Å².